The molecule has 2 aromatic carbocycles. The molecule has 7 heteroatoms. The van der Waals surface area contributed by atoms with E-state index < -0.39 is 0 Å². The van der Waals surface area contributed by atoms with E-state index in [9.17, 15) is 4.39 Å². The number of rotatable bonds is 9. The van der Waals surface area contributed by atoms with Gasteiger partial charge < -0.3 is 20.1 Å². The van der Waals surface area contributed by atoms with Crippen molar-refractivity contribution in [1.29, 1.82) is 0 Å². The van der Waals surface area contributed by atoms with Crippen LogP contribution in [0.15, 0.2) is 53.5 Å². The van der Waals surface area contributed by atoms with E-state index in [4.69, 9.17) is 9.47 Å². The molecule has 0 amide bonds. The van der Waals surface area contributed by atoms with E-state index >= 15 is 0 Å². The Labute approximate surface area is 190 Å². The number of aliphatic imine (C=N–C) groups is 1. The Kier molecular flexibility index (Phi) is 11.0. The standard InChI is InChI=1S/C22H30FN3O2.HI/c1-22(2,18-6-5-7-19(23)14-18)16-26-21(24-3)25-15-17-8-10-20(11-9-17)28-13-12-27-4;/h5-11,14H,12-13,15-16H2,1-4H3,(H2,24,25,26);1H. The molecule has 2 rings (SSSR count). The minimum absolute atomic E-state index is 0. The van der Waals surface area contributed by atoms with Crippen molar-refractivity contribution >= 4 is 29.9 Å². The van der Waals surface area contributed by atoms with E-state index in [1.807, 2.05) is 30.3 Å². The average Bonchev–Trinajstić information content (AvgIpc) is 2.69. The molecule has 2 N–H and O–H groups in total. The number of halogens is 2. The minimum Gasteiger partial charge on any atom is -0.491 e. The van der Waals surface area contributed by atoms with Gasteiger partial charge in [-0.15, -0.1) is 24.0 Å². The maximum absolute atomic E-state index is 13.5. The van der Waals surface area contributed by atoms with Crippen molar-refractivity contribution in [3.63, 3.8) is 0 Å². The highest BCUT2D eigenvalue weighted by Crippen LogP contribution is 2.22. The number of nitrogens with one attached hydrogen (secondary N) is 2. The highest BCUT2D eigenvalue weighted by molar-refractivity contribution is 14.0. The summed E-state index contributed by atoms with van der Waals surface area (Å²) < 4.78 is 24.1. The minimum atomic E-state index is -0.235. The highest BCUT2D eigenvalue weighted by atomic mass is 127. The van der Waals surface area contributed by atoms with E-state index in [-0.39, 0.29) is 35.2 Å². The third kappa shape index (κ3) is 8.57. The molecule has 0 aromatic heterocycles. The Morgan fingerprint density at radius 1 is 1.07 bits per heavy atom. The van der Waals surface area contributed by atoms with Crippen LogP contribution in [0.5, 0.6) is 5.75 Å². The van der Waals surface area contributed by atoms with Gasteiger partial charge in [0.15, 0.2) is 5.96 Å². The number of hydrogen-bond donors (Lipinski definition) is 2. The maximum atomic E-state index is 13.5. The van der Waals surface area contributed by atoms with Crippen LogP contribution in [0.4, 0.5) is 4.39 Å². The number of benzene rings is 2. The molecular formula is C22H31FIN3O2. The first-order valence-electron chi connectivity index (χ1n) is 9.36. The molecule has 5 nitrogen and oxygen atoms in total. The molecule has 160 valence electrons. The van der Waals surface area contributed by atoms with Crippen molar-refractivity contribution in [3.8, 4) is 5.75 Å². The summed E-state index contributed by atoms with van der Waals surface area (Å²) in [6, 6.07) is 14.6. The second-order valence-electron chi connectivity index (χ2n) is 7.16. The van der Waals surface area contributed by atoms with E-state index in [0.717, 1.165) is 16.9 Å². The van der Waals surface area contributed by atoms with Gasteiger partial charge in [0.1, 0.15) is 18.2 Å². The molecule has 0 aliphatic heterocycles. The molecule has 0 aliphatic carbocycles. The van der Waals surface area contributed by atoms with Crippen LogP contribution in [-0.4, -0.2) is 39.9 Å². The second-order valence-corrected chi connectivity index (χ2v) is 7.16. The fraction of sp³-hybridized carbons (Fsp3) is 0.409. The van der Waals surface area contributed by atoms with Crippen molar-refractivity contribution in [1.82, 2.24) is 10.6 Å². The van der Waals surface area contributed by atoms with Crippen LogP contribution in [0.3, 0.4) is 0 Å². The summed E-state index contributed by atoms with van der Waals surface area (Å²) >= 11 is 0. The molecule has 0 saturated heterocycles. The lowest BCUT2D eigenvalue weighted by Gasteiger charge is -2.27. The van der Waals surface area contributed by atoms with Gasteiger partial charge in [-0.2, -0.15) is 0 Å². The first kappa shape index (κ1) is 25.2. The van der Waals surface area contributed by atoms with Crippen molar-refractivity contribution in [2.24, 2.45) is 4.99 Å². The zero-order valence-corrected chi connectivity index (χ0v) is 19.8. The molecule has 0 aliphatic rings. The fourth-order valence-electron chi connectivity index (χ4n) is 2.67. The van der Waals surface area contributed by atoms with Gasteiger partial charge in [0.05, 0.1) is 6.61 Å². The summed E-state index contributed by atoms with van der Waals surface area (Å²) in [5.74, 6) is 1.30. The molecule has 0 unspecified atom stereocenters. The number of guanidine groups is 1. The summed E-state index contributed by atoms with van der Waals surface area (Å²) in [5, 5.41) is 6.62. The zero-order valence-electron chi connectivity index (χ0n) is 17.5. The fourth-order valence-corrected chi connectivity index (χ4v) is 2.67. The van der Waals surface area contributed by atoms with Crippen molar-refractivity contribution in [3.05, 3.63) is 65.5 Å². The van der Waals surface area contributed by atoms with Crippen LogP contribution in [0.1, 0.15) is 25.0 Å². The molecule has 0 fully saturated rings. The SMILES string of the molecule is CN=C(NCc1ccc(OCCOC)cc1)NCC(C)(C)c1cccc(F)c1.I. The van der Waals surface area contributed by atoms with Crippen LogP contribution in [-0.2, 0) is 16.7 Å². The molecule has 29 heavy (non-hydrogen) atoms. The summed E-state index contributed by atoms with van der Waals surface area (Å²) in [4.78, 5) is 4.27. The second kappa shape index (κ2) is 12.6. The van der Waals surface area contributed by atoms with E-state index in [1.54, 1.807) is 26.3 Å². The topological polar surface area (TPSA) is 54.9 Å². The van der Waals surface area contributed by atoms with Crippen LogP contribution >= 0.6 is 24.0 Å². The Morgan fingerprint density at radius 3 is 2.41 bits per heavy atom. The maximum Gasteiger partial charge on any atom is 0.191 e. The predicted octanol–water partition coefficient (Wildman–Crippen LogP) is 4.11. The predicted molar refractivity (Wildman–Crippen MR) is 127 cm³/mol. The van der Waals surface area contributed by atoms with Gasteiger partial charge in [-0.05, 0) is 35.4 Å². The van der Waals surface area contributed by atoms with Crippen LogP contribution in [0.2, 0.25) is 0 Å². The van der Waals surface area contributed by atoms with Gasteiger partial charge in [0.2, 0.25) is 0 Å². The molecule has 0 spiro atoms. The Hall–Kier alpha value is -1.87. The lowest BCUT2D eigenvalue weighted by molar-refractivity contribution is 0.146. The molecule has 0 saturated carbocycles. The molecule has 0 heterocycles. The molecular weight excluding hydrogens is 484 g/mol. The normalized spacial score (nSPS) is 11.6. The van der Waals surface area contributed by atoms with Gasteiger partial charge in [0, 0.05) is 32.7 Å². The summed E-state index contributed by atoms with van der Waals surface area (Å²) in [5.41, 5.74) is 1.83. The largest absolute Gasteiger partial charge is 0.491 e. The summed E-state index contributed by atoms with van der Waals surface area (Å²) in [6.07, 6.45) is 0. The van der Waals surface area contributed by atoms with E-state index in [1.165, 1.54) is 6.07 Å². The Balaban J connectivity index is 0.00000420. The van der Waals surface area contributed by atoms with Gasteiger partial charge in [-0.25, -0.2) is 4.39 Å². The van der Waals surface area contributed by atoms with Crippen molar-refractivity contribution < 1.29 is 13.9 Å². The molecule has 0 atom stereocenters. The summed E-state index contributed by atoms with van der Waals surface area (Å²) in [6.45, 7) is 6.51. The lowest BCUT2D eigenvalue weighted by Crippen LogP contribution is -2.43. The Morgan fingerprint density at radius 2 is 1.79 bits per heavy atom. The van der Waals surface area contributed by atoms with Gasteiger partial charge >= 0.3 is 0 Å². The van der Waals surface area contributed by atoms with Crippen LogP contribution < -0.4 is 15.4 Å². The third-order valence-electron chi connectivity index (χ3n) is 4.47. The monoisotopic (exact) mass is 515 g/mol. The smallest absolute Gasteiger partial charge is 0.191 e. The lowest BCUT2D eigenvalue weighted by atomic mass is 9.84. The van der Waals surface area contributed by atoms with Gasteiger partial charge in [-0.3, -0.25) is 4.99 Å². The van der Waals surface area contributed by atoms with Gasteiger partial charge in [-0.1, -0.05) is 38.1 Å². The molecule has 2 aromatic rings. The van der Waals surface area contributed by atoms with Crippen molar-refractivity contribution in [2.45, 2.75) is 25.8 Å². The third-order valence-corrected chi connectivity index (χ3v) is 4.47. The van der Waals surface area contributed by atoms with Crippen LogP contribution in [0, 0.1) is 5.82 Å². The Bertz CT molecular complexity index is 767. The van der Waals surface area contributed by atoms with Crippen molar-refractivity contribution in [2.75, 3.05) is 33.9 Å². The number of ether oxygens (including phenoxy) is 2. The molecule has 0 bridgehead atoms. The highest BCUT2D eigenvalue weighted by Gasteiger charge is 2.21. The average molecular weight is 515 g/mol. The quantitative estimate of drug-likeness (QED) is 0.229. The number of methoxy groups -OCH3 is 1. The number of nitrogens with zero attached hydrogens (tertiary/aromatic N) is 1. The van der Waals surface area contributed by atoms with Gasteiger partial charge in [0.25, 0.3) is 0 Å². The first-order valence-corrected chi connectivity index (χ1v) is 9.36. The number of hydrogen-bond acceptors (Lipinski definition) is 3. The summed E-state index contributed by atoms with van der Waals surface area (Å²) in [7, 11) is 3.38. The zero-order chi connectivity index (χ0) is 20.4. The first-order chi connectivity index (χ1) is 13.4. The van der Waals surface area contributed by atoms with E-state index in [2.05, 4.69) is 29.5 Å². The van der Waals surface area contributed by atoms with Crippen LogP contribution in [0.25, 0.3) is 0 Å². The van der Waals surface area contributed by atoms with E-state index in [0.29, 0.717) is 32.3 Å². The molecule has 0 radical (unpaired) electrons.